The summed E-state index contributed by atoms with van der Waals surface area (Å²) in [6.45, 7) is 16.0. The second-order valence-corrected chi connectivity index (χ2v) is 10.0. The van der Waals surface area contributed by atoms with E-state index in [1.165, 1.54) is 68.9 Å². The van der Waals surface area contributed by atoms with Gasteiger partial charge in [0.2, 0.25) is 0 Å². The molecule has 1 N–H and O–H groups in total. The number of unbranched alkanes of at least 4 members (excludes halogenated alkanes) is 3. The largest absolute Gasteiger partial charge is 0.508 e. The normalized spacial score (nSPS) is 22.5. The second-order valence-electron chi connectivity index (χ2n) is 10.0. The fraction of sp³-hybridized carbons (Fsp3) is 0.714. The van der Waals surface area contributed by atoms with E-state index < -0.39 is 0 Å². The van der Waals surface area contributed by atoms with Crippen LogP contribution >= 0.6 is 0 Å². The van der Waals surface area contributed by atoms with E-state index >= 15 is 0 Å². The number of ether oxygens (including phenoxy) is 1. The van der Waals surface area contributed by atoms with Crippen molar-refractivity contribution in [3.05, 3.63) is 42.0 Å². The monoisotopic (exact) mass is 429 g/mol. The van der Waals surface area contributed by atoms with Crippen molar-refractivity contribution in [1.29, 1.82) is 0 Å². The molecule has 0 amide bonds. The molecule has 0 spiro atoms. The summed E-state index contributed by atoms with van der Waals surface area (Å²) in [5, 5.41) is 10.9. The lowest BCUT2D eigenvalue weighted by Gasteiger charge is -2.39. The average molecular weight is 430 g/mol. The van der Waals surface area contributed by atoms with Crippen LogP contribution in [-0.4, -0.2) is 42.4 Å². The number of hydrogen-bond acceptors (Lipinski definition) is 3. The van der Waals surface area contributed by atoms with E-state index in [-0.39, 0.29) is 5.41 Å². The van der Waals surface area contributed by atoms with Crippen molar-refractivity contribution < 1.29 is 9.84 Å². The van der Waals surface area contributed by atoms with Crippen LogP contribution in [0.1, 0.15) is 103 Å². The lowest BCUT2D eigenvalue weighted by atomic mass is 9.77. The van der Waals surface area contributed by atoms with E-state index in [9.17, 15) is 5.11 Å². The highest BCUT2D eigenvalue weighted by Gasteiger charge is 2.30. The quantitative estimate of drug-likeness (QED) is 0.350. The van der Waals surface area contributed by atoms with Crippen molar-refractivity contribution in [3.63, 3.8) is 0 Å². The highest BCUT2D eigenvalue weighted by Crippen LogP contribution is 2.41. The number of benzene rings is 1. The molecular formula is C28H47NO2. The number of rotatable bonds is 8. The minimum atomic E-state index is 0.132. The van der Waals surface area contributed by atoms with Crippen LogP contribution in [0.3, 0.4) is 0 Å². The van der Waals surface area contributed by atoms with Crippen LogP contribution in [-0.2, 0) is 10.2 Å². The smallest absolute Gasteiger partial charge is 0.119 e. The Morgan fingerprint density at radius 2 is 1.87 bits per heavy atom. The van der Waals surface area contributed by atoms with Gasteiger partial charge in [-0.15, -0.1) is 6.58 Å². The van der Waals surface area contributed by atoms with Crippen LogP contribution in [0, 0.1) is 0 Å². The predicted molar refractivity (Wildman–Crippen MR) is 133 cm³/mol. The molecule has 2 atom stereocenters. The summed E-state index contributed by atoms with van der Waals surface area (Å²) in [4.78, 5) is 2.61. The van der Waals surface area contributed by atoms with Gasteiger partial charge < -0.3 is 9.84 Å². The van der Waals surface area contributed by atoms with Gasteiger partial charge in [0, 0.05) is 19.1 Å². The first-order chi connectivity index (χ1) is 14.9. The molecule has 31 heavy (non-hydrogen) atoms. The zero-order valence-corrected chi connectivity index (χ0v) is 20.7. The van der Waals surface area contributed by atoms with Crippen LogP contribution in [0.15, 0.2) is 30.9 Å². The number of hydrogen-bond donors (Lipinski definition) is 1. The molecule has 3 nitrogen and oxygen atoms in total. The maximum Gasteiger partial charge on any atom is 0.119 e. The van der Waals surface area contributed by atoms with Crippen molar-refractivity contribution in [3.8, 4) is 5.75 Å². The first-order valence-electron chi connectivity index (χ1n) is 12.6. The van der Waals surface area contributed by atoms with Crippen LogP contribution in [0.4, 0.5) is 0 Å². The molecule has 0 radical (unpaired) electrons. The first kappa shape index (κ1) is 25.9. The number of phenols is 1. The Kier molecular flexibility index (Phi) is 11.1. The van der Waals surface area contributed by atoms with E-state index in [2.05, 4.69) is 50.4 Å². The molecule has 0 aromatic heterocycles. The minimum Gasteiger partial charge on any atom is -0.508 e. The molecule has 3 heteroatoms. The number of allylic oxidation sites excluding steroid dienone is 1. The summed E-state index contributed by atoms with van der Waals surface area (Å²) in [6.07, 6.45) is 13.1. The first-order valence-corrected chi connectivity index (χ1v) is 12.6. The van der Waals surface area contributed by atoms with Gasteiger partial charge in [0.1, 0.15) is 5.75 Å². The van der Waals surface area contributed by atoms with Gasteiger partial charge >= 0.3 is 0 Å². The summed E-state index contributed by atoms with van der Waals surface area (Å²) in [6, 6.07) is 7.22. The zero-order chi connectivity index (χ0) is 22.7. The zero-order valence-electron chi connectivity index (χ0n) is 20.7. The van der Waals surface area contributed by atoms with E-state index in [1.54, 1.807) is 6.08 Å². The summed E-state index contributed by atoms with van der Waals surface area (Å²) in [5.74, 6) is 1.01. The second kappa shape index (κ2) is 13.3. The molecular weight excluding hydrogens is 382 g/mol. The van der Waals surface area contributed by atoms with Crippen molar-refractivity contribution in [2.45, 2.75) is 103 Å². The number of phenolic OH excluding ortho intramolecular Hbond substituents is 1. The third-order valence-corrected chi connectivity index (χ3v) is 7.12. The standard InChI is InChI=1S/C25H41NO2.C3H6/c1-4-5-6-7-13-25(2,3)21-11-12-23(24(27)19-21)20-9-8-10-22(18-20)26-14-16-28-17-15-26;1-3-2/h11-12,19-20,22,27H,4-10,13-18H2,1-3H3;3H,1H2,2H3. The van der Waals surface area contributed by atoms with Crippen LogP contribution in [0.5, 0.6) is 5.75 Å². The van der Waals surface area contributed by atoms with Gasteiger partial charge in [0.15, 0.2) is 0 Å². The van der Waals surface area contributed by atoms with Gasteiger partial charge in [0.25, 0.3) is 0 Å². The molecule has 176 valence electrons. The van der Waals surface area contributed by atoms with Crippen LogP contribution in [0.2, 0.25) is 0 Å². The molecule has 2 unspecified atom stereocenters. The summed E-state index contributed by atoms with van der Waals surface area (Å²) in [5.41, 5.74) is 2.58. The van der Waals surface area contributed by atoms with E-state index in [1.807, 2.05) is 6.92 Å². The molecule has 1 saturated heterocycles. The van der Waals surface area contributed by atoms with E-state index in [0.29, 0.717) is 17.7 Å². The van der Waals surface area contributed by atoms with Crippen molar-refractivity contribution in [1.82, 2.24) is 4.90 Å². The fourth-order valence-corrected chi connectivity index (χ4v) is 5.17. The molecule has 1 saturated carbocycles. The Hall–Kier alpha value is -1.32. The maximum absolute atomic E-state index is 10.9. The van der Waals surface area contributed by atoms with Gasteiger partial charge in [-0.1, -0.05) is 71.1 Å². The molecule has 1 aliphatic heterocycles. The molecule has 2 aliphatic rings. The number of aromatic hydroxyl groups is 1. The number of nitrogens with zero attached hydrogens (tertiary/aromatic N) is 1. The third kappa shape index (κ3) is 7.95. The highest BCUT2D eigenvalue weighted by molar-refractivity contribution is 5.41. The van der Waals surface area contributed by atoms with E-state index in [4.69, 9.17) is 4.74 Å². The lowest BCUT2D eigenvalue weighted by Crippen LogP contribution is -2.45. The topological polar surface area (TPSA) is 32.7 Å². The van der Waals surface area contributed by atoms with Gasteiger partial charge in [-0.25, -0.2) is 0 Å². The Morgan fingerprint density at radius 3 is 2.52 bits per heavy atom. The third-order valence-electron chi connectivity index (χ3n) is 7.12. The van der Waals surface area contributed by atoms with Crippen molar-refractivity contribution in [2.24, 2.45) is 0 Å². The van der Waals surface area contributed by atoms with Gasteiger partial charge in [-0.05, 0) is 61.1 Å². The number of morpholine rings is 1. The Labute approximate surface area is 191 Å². The molecule has 3 rings (SSSR count). The van der Waals surface area contributed by atoms with Crippen molar-refractivity contribution in [2.75, 3.05) is 26.3 Å². The van der Waals surface area contributed by atoms with Gasteiger partial charge in [-0.2, -0.15) is 0 Å². The predicted octanol–water partition coefficient (Wildman–Crippen LogP) is 7.19. The average Bonchev–Trinajstić information content (AvgIpc) is 2.78. The van der Waals surface area contributed by atoms with Gasteiger partial charge in [-0.3, -0.25) is 4.90 Å². The Bertz CT molecular complexity index is 648. The molecule has 1 aliphatic carbocycles. The summed E-state index contributed by atoms with van der Waals surface area (Å²) in [7, 11) is 0. The molecule has 1 aromatic carbocycles. The SMILES string of the molecule is C=CC.CCCCCCC(C)(C)c1ccc(C2CCCC(N3CCOCC3)C2)c(O)c1. The molecule has 0 bridgehead atoms. The molecule has 1 aromatic rings. The minimum absolute atomic E-state index is 0.132. The molecule has 2 fully saturated rings. The van der Waals surface area contributed by atoms with Gasteiger partial charge in [0.05, 0.1) is 13.2 Å². The van der Waals surface area contributed by atoms with Crippen LogP contribution < -0.4 is 0 Å². The Balaban J connectivity index is 0.00000107. The maximum atomic E-state index is 10.9. The van der Waals surface area contributed by atoms with Crippen LogP contribution in [0.25, 0.3) is 0 Å². The highest BCUT2D eigenvalue weighted by atomic mass is 16.5. The lowest BCUT2D eigenvalue weighted by molar-refractivity contribution is 0.00650. The van der Waals surface area contributed by atoms with Crippen molar-refractivity contribution >= 4 is 0 Å². The van der Waals surface area contributed by atoms with E-state index in [0.717, 1.165) is 26.3 Å². The summed E-state index contributed by atoms with van der Waals surface area (Å²) >= 11 is 0. The Morgan fingerprint density at radius 1 is 1.16 bits per heavy atom. The fourth-order valence-electron chi connectivity index (χ4n) is 5.17. The molecule has 1 heterocycles. The summed E-state index contributed by atoms with van der Waals surface area (Å²) < 4.78 is 5.53.